The molecule has 0 fully saturated rings. The van der Waals surface area contributed by atoms with Crippen LogP contribution in [0, 0.1) is 0 Å². The van der Waals surface area contributed by atoms with Crippen molar-refractivity contribution in [3.63, 3.8) is 0 Å². The van der Waals surface area contributed by atoms with E-state index in [1.54, 1.807) is 17.6 Å². The standard InChI is InChI=1S/C4H6S/c1-2-3-4-5/h2-5H,1H2/b4-3-. The number of allylic oxidation sites excluding steroid dienone is 2. The van der Waals surface area contributed by atoms with Crippen LogP contribution in [0.25, 0.3) is 0 Å². The van der Waals surface area contributed by atoms with E-state index in [0.717, 1.165) is 0 Å². The fourth-order valence-electron chi connectivity index (χ4n) is 0.0609. The van der Waals surface area contributed by atoms with Crippen molar-refractivity contribution >= 4 is 12.6 Å². The SMILES string of the molecule is C=C/C=C\S. The third kappa shape index (κ3) is 3.83. The zero-order chi connectivity index (χ0) is 4.12. The van der Waals surface area contributed by atoms with Crippen LogP contribution in [0.4, 0.5) is 0 Å². The average Bonchev–Trinajstić information content (AvgIpc) is 1.41. The second-order valence-corrected chi connectivity index (χ2v) is 0.875. The van der Waals surface area contributed by atoms with Crippen molar-refractivity contribution in [1.82, 2.24) is 0 Å². The van der Waals surface area contributed by atoms with Crippen LogP contribution in [0.5, 0.6) is 0 Å². The van der Waals surface area contributed by atoms with Gasteiger partial charge in [-0.15, -0.1) is 0 Å². The van der Waals surface area contributed by atoms with Crippen LogP contribution in [0.3, 0.4) is 0 Å². The summed E-state index contributed by atoms with van der Waals surface area (Å²) in [6.45, 7) is 3.41. The zero-order valence-electron chi connectivity index (χ0n) is 2.89. The molecule has 0 aliphatic carbocycles. The van der Waals surface area contributed by atoms with Crippen LogP contribution in [0.15, 0.2) is 24.1 Å². The number of hydrogen-bond acceptors (Lipinski definition) is 1. The number of hydrogen-bond donors (Lipinski definition) is 1. The number of rotatable bonds is 1. The minimum atomic E-state index is 1.63. The molecule has 28 valence electrons. The fourth-order valence-corrected chi connectivity index (χ4v) is 0.183. The van der Waals surface area contributed by atoms with E-state index in [9.17, 15) is 0 Å². The first-order valence-corrected chi connectivity index (χ1v) is 1.85. The van der Waals surface area contributed by atoms with E-state index >= 15 is 0 Å². The van der Waals surface area contributed by atoms with Crippen LogP contribution >= 0.6 is 12.6 Å². The van der Waals surface area contributed by atoms with E-state index in [4.69, 9.17) is 0 Å². The van der Waals surface area contributed by atoms with Crippen molar-refractivity contribution in [2.24, 2.45) is 0 Å². The lowest BCUT2D eigenvalue weighted by molar-refractivity contribution is 2.13. The van der Waals surface area contributed by atoms with Crippen molar-refractivity contribution in [2.45, 2.75) is 0 Å². The van der Waals surface area contributed by atoms with Gasteiger partial charge in [0.15, 0.2) is 0 Å². The lowest BCUT2D eigenvalue weighted by Gasteiger charge is -1.55. The summed E-state index contributed by atoms with van der Waals surface area (Å²) in [6.07, 6.45) is 3.43. The molecule has 0 aliphatic rings. The summed E-state index contributed by atoms with van der Waals surface area (Å²) >= 11 is 3.75. The van der Waals surface area contributed by atoms with Gasteiger partial charge in [-0.05, 0) is 5.41 Å². The van der Waals surface area contributed by atoms with Gasteiger partial charge >= 0.3 is 0 Å². The van der Waals surface area contributed by atoms with Crippen LogP contribution in [0.2, 0.25) is 0 Å². The van der Waals surface area contributed by atoms with Gasteiger partial charge in [-0.1, -0.05) is 18.7 Å². The summed E-state index contributed by atoms with van der Waals surface area (Å²) < 4.78 is 0. The zero-order valence-corrected chi connectivity index (χ0v) is 3.78. The van der Waals surface area contributed by atoms with Crippen molar-refractivity contribution in [2.75, 3.05) is 0 Å². The Balaban J connectivity index is 2.92. The van der Waals surface area contributed by atoms with Crippen LogP contribution in [-0.2, 0) is 0 Å². The molecule has 0 aromatic carbocycles. The Bertz CT molecular complexity index is 45.6. The highest BCUT2D eigenvalue weighted by Gasteiger charge is 1.42. The van der Waals surface area contributed by atoms with Gasteiger partial charge in [-0.25, -0.2) is 0 Å². The van der Waals surface area contributed by atoms with Crippen molar-refractivity contribution < 1.29 is 0 Å². The molecule has 0 radical (unpaired) electrons. The Hall–Kier alpha value is -0.170. The normalized spacial score (nSPS) is 9.00. The smallest absolute Gasteiger partial charge is 0.0324 e. The van der Waals surface area contributed by atoms with Gasteiger partial charge in [0.1, 0.15) is 0 Å². The molecular formula is C4H6S. The second kappa shape index (κ2) is 3.83. The van der Waals surface area contributed by atoms with E-state index in [-0.39, 0.29) is 0 Å². The Morgan fingerprint density at radius 2 is 2.20 bits per heavy atom. The molecular weight excluding hydrogens is 80.1 g/mol. The Morgan fingerprint density at radius 3 is 2.20 bits per heavy atom. The van der Waals surface area contributed by atoms with Gasteiger partial charge in [0.2, 0.25) is 0 Å². The monoisotopic (exact) mass is 86.0 g/mol. The fraction of sp³-hybridized carbons (Fsp3) is 0. The first-order chi connectivity index (χ1) is 2.41. The van der Waals surface area contributed by atoms with Gasteiger partial charge in [0.25, 0.3) is 0 Å². The summed E-state index contributed by atoms with van der Waals surface area (Å²) in [4.78, 5) is 0. The van der Waals surface area contributed by atoms with E-state index in [1.807, 2.05) is 0 Å². The van der Waals surface area contributed by atoms with Gasteiger partial charge < -0.3 is 0 Å². The quantitative estimate of drug-likeness (QED) is 0.364. The number of thiol groups is 1. The molecule has 0 saturated heterocycles. The second-order valence-electron chi connectivity index (χ2n) is 0.577. The molecule has 0 atom stereocenters. The van der Waals surface area contributed by atoms with Gasteiger partial charge in [-0.2, -0.15) is 12.6 Å². The maximum Gasteiger partial charge on any atom is -0.0324 e. The summed E-state index contributed by atoms with van der Waals surface area (Å²) in [5, 5.41) is 1.63. The molecule has 0 aliphatic heterocycles. The maximum atomic E-state index is 3.75. The van der Waals surface area contributed by atoms with Gasteiger partial charge in [-0.3, -0.25) is 0 Å². The van der Waals surface area contributed by atoms with Crippen LogP contribution in [-0.4, -0.2) is 0 Å². The van der Waals surface area contributed by atoms with Gasteiger partial charge in [0, 0.05) is 0 Å². The predicted octanol–water partition coefficient (Wildman–Crippen LogP) is 1.62. The summed E-state index contributed by atoms with van der Waals surface area (Å²) in [7, 11) is 0. The molecule has 0 heterocycles. The molecule has 0 rings (SSSR count). The lowest BCUT2D eigenvalue weighted by atomic mass is 10.6. The highest BCUT2D eigenvalue weighted by molar-refractivity contribution is 7.83. The Labute approximate surface area is 37.6 Å². The molecule has 0 nitrogen and oxygen atoms in total. The molecule has 0 saturated carbocycles. The molecule has 5 heavy (non-hydrogen) atoms. The van der Waals surface area contributed by atoms with Gasteiger partial charge in [0.05, 0.1) is 0 Å². The highest BCUT2D eigenvalue weighted by atomic mass is 32.1. The topological polar surface area (TPSA) is 0 Å². The molecule has 0 spiro atoms. The Morgan fingerprint density at radius 1 is 1.60 bits per heavy atom. The molecule has 0 unspecified atom stereocenters. The largest absolute Gasteiger partial charge is 0.151 e. The summed E-state index contributed by atoms with van der Waals surface area (Å²) in [5.41, 5.74) is 0. The molecule has 0 aromatic heterocycles. The predicted molar refractivity (Wildman–Crippen MR) is 28.3 cm³/mol. The third-order valence-corrected chi connectivity index (χ3v) is 0.394. The summed E-state index contributed by atoms with van der Waals surface area (Å²) in [5.74, 6) is 0. The van der Waals surface area contributed by atoms with Crippen molar-refractivity contribution in [3.05, 3.63) is 24.1 Å². The lowest BCUT2D eigenvalue weighted by Crippen LogP contribution is -1.29. The molecule has 0 aromatic rings. The Kier molecular flexibility index (Phi) is 3.70. The van der Waals surface area contributed by atoms with E-state index in [2.05, 4.69) is 19.2 Å². The maximum absolute atomic E-state index is 3.75. The van der Waals surface area contributed by atoms with E-state index in [1.165, 1.54) is 0 Å². The van der Waals surface area contributed by atoms with Crippen molar-refractivity contribution in [3.8, 4) is 0 Å². The molecule has 0 N–H and O–H groups in total. The summed E-state index contributed by atoms with van der Waals surface area (Å²) in [6, 6.07) is 0. The molecule has 0 amide bonds. The minimum absolute atomic E-state index is 1.63. The molecule has 0 bridgehead atoms. The van der Waals surface area contributed by atoms with E-state index < -0.39 is 0 Å². The van der Waals surface area contributed by atoms with E-state index in [0.29, 0.717) is 0 Å². The first kappa shape index (κ1) is 4.83. The van der Waals surface area contributed by atoms with Crippen LogP contribution in [0.1, 0.15) is 0 Å². The van der Waals surface area contributed by atoms with Crippen LogP contribution < -0.4 is 0 Å². The van der Waals surface area contributed by atoms with Crippen molar-refractivity contribution in [1.29, 1.82) is 0 Å². The average molecular weight is 86.2 g/mol. The minimum Gasteiger partial charge on any atom is -0.151 e. The highest BCUT2D eigenvalue weighted by Crippen LogP contribution is 1.73. The molecule has 1 heteroatoms. The first-order valence-electron chi connectivity index (χ1n) is 1.33. The third-order valence-electron chi connectivity index (χ3n) is 0.222.